The van der Waals surface area contributed by atoms with Gasteiger partial charge in [0.1, 0.15) is 11.0 Å². The van der Waals surface area contributed by atoms with Crippen LogP contribution in [0.2, 0.25) is 5.15 Å². The molecule has 0 spiro atoms. The van der Waals surface area contributed by atoms with Crippen LogP contribution >= 0.6 is 11.6 Å². The number of pyridine rings is 1. The standard InChI is InChI=1S/C9H7BClNO2.C6H6BFO2/c11-9-7(10(13)14)5-6-3-1-2-4-8(6)12-9;8-6-4-2-1-3-5(6)7(9)10/h1-5,13-14H;1-4,9-10H. The Balaban J connectivity index is 0.000000185. The summed E-state index contributed by atoms with van der Waals surface area (Å²) in [5, 5.41) is 36.0. The van der Waals surface area contributed by atoms with E-state index in [9.17, 15) is 4.39 Å². The van der Waals surface area contributed by atoms with Crippen molar-refractivity contribution in [1.29, 1.82) is 0 Å². The first-order valence-electron chi connectivity index (χ1n) is 6.92. The van der Waals surface area contributed by atoms with Crippen molar-refractivity contribution in [2.75, 3.05) is 0 Å². The van der Waals surface area contributed by atoms with Gasteiger partial charge in [-0.15, -0.1) is 0 Å². The first-order chi connectivity index (χ1) is 11.4. The predicted octanol–water partition coefficient (Wildman–Crippen LogP) is 0.0735. The molecule has 0 unspecified atom stereocenters. The summed E-state index contributed by atoms with van der Waals surface area (Å²) in [5.41, 5.74) is 0.870. The van der Waals surface area contributed by atoms with E-state index in [1.807, 2.05) is 24.3 Å². The zero-order chi connectivity index (χ0) is 17.7. The maximum Gasteiger partial charge on any atom is 0.491 e. The summed E-state index contributed by atoms with van der Waals surface area (Å²) < 4.78 is 12.5. The van der Waals surface area contributed by atoms with Crippen molar-refractivity contribution in [3.8, 4) is 0 Å². The lowest BCUT2D eigenvalue weighted by Gasteiger charge is -2.04. The van der Waals surface area contributed by atoms with Crippen molar-refractivity contribution in [3.05, 3.63) is 65.6 Å². The van der Waals surface area contributed by atoms with Crippen LogP contribution in [0.4, 0.5) is 4.39 Å². The summed E-state index contributed by atoms with van der Waals surface area (Å²) in [7, 11) is -3.30. The van der Waals surface area contributed by atoms with Crippen LogP contribution in [0.5, 0.6) is 0 Å². The molecule has 1 heterocycles. The third-order valence-electron chi connectivity index (χ3n) is 3.17. The highest BCUT2D eigenvalue weighted by molar-refractivity contribution is 6.62. The van der Waals surface area contributed by atoms with Gasteiger partial charge >= 0.3 is 14.2 Å². The molecule has 3 rings (SSSR count). The second-order valence-corrected chi connectivity index (χ2v) is 5.19. The van der Waals surface area contributed by atoms with Crippen LogP contribution in [-0.2, 0) is 0 Å². The number of hydrogen-bond acceptors (Lipinski definition) is 5. The van der Waals surface area contributed by atoms with E-state index in [0.29, 0.717) is 0 Å². The van der Waals surface area contributed by atoms with Gasteiger partial charge in [-0.1, -0.05) is 48.0 Å². The fraction of sp³-hybridized carbons (Fsp3) is 0. The maximum atomic E-state index is 12.5. The first-order valence-corrected chi connectivity index (χ1v) is 7.30. The molecule has 0 aliphatic carbocycles. The molecule has 0 radical (unpaired) electrons. The molecule has 1 aromatic heterocycles. The Kier molecular flexibility index (Phi) is 6.30. The molecule has 5 nitrogen and oxygen atoms in total. The number of fused-ring (bicyclic) bond motifs is 1. The Hall–Kier alpha value is -1.96. The molecule has 0 saturated heterocycles. The Bertz CT molecular complexity index is 835. The molecule has 0 bridgehead atoms. The first kappa shape index (κ1) is 18.4. The lowest BCUT2D eigenvalue weighted by molar-refractivity contribution is 0.422. The minimum Gasteiger partial charge on any atom is -0.423 e. The summed E-state index contributed by atoms with van der Waals surface area (Å²) in [6.45, 7) is 0. The van der Waals surface area contributed by atoms with Crippen molar-refractivity contribution >= 4 is 47.7 Å². The fourth-order valence-corrected chi connectivity index (χ4v) is 2.22. The van der Waals surface area contributed by atoms with Gasteiger partial charge in [0.2, 0.25) is 0 Å². The van der Waals surface area contributed by atoms with Crippen LogP contribution in [0.3, 0.4) is 0 Å². The highest BCUT2D eigenvalue weighted by atomic mass is 35.5. The number of rotatable bonds is 2. The zero-order valence-corrected chi connectivity index (χ0v) is 13.1. The molecule has 0 saturated carbocycles. The summed E-state index contributed by atoms with van der Waals surface area (Å²) in [4.78, 5) is 4.04. The number of para-hydroxylation sites is 1. The predicted molar refractivity (Wildman–Crippen MR) is 92.8 cm³/mol. The molecule has 3 aromatic rings. The Morgan fingerprint density at radius 1 is 0.833 bits per heavy atom. The van der Waals surface area contributed by atoms with Gasteiger partial charge in [-0.3, -0.25) is 0 Å². The van der Waals surface area contributed by atoms with Crippen LogP contribution < -0.4 is 10.9 Å². The summed E-state index contributed by atoms with van der Waals surface area (Å²) in [5.74, 6) is -0.600. The quantitative estimate of drug-likeness (QED) is 0.389. The number of halogens is 2. The fourth-order valence-electron chi connectivity index (χ4n) is 1.97. The van der Waals surface area contributed by atoms with Crippen molar-refractivity contribution in [2.24, 2.45) is 0 Å². The van der Waals surface area contributed by atoms with Crippen LogP contribution in [0.1, 0.15) is 0 Å². The van der Waals surface area contributed by atoms with Gasteiger partial charge in [0.05, 0.1) is 5.52 Å². The molecule has 2 aromatic carbocycles. The minimum absolute atomic E-state index is 0.0949. The van der Waals surface area contributed by atoms with E-state index in [1.54, 1.807) is 6.07 Å². The van der Waals surface area contributed by atoms with E-state index in [2.05, 4.69) is 4.98 Å². The maximum absolute atomic E-state index is 12.5. The molecular weight excluding hydrogens is 334 g/mol. The summed E-state index contributed by atoms with van der Waals surface area (Å²) in [6.07, 6.45) is 0. The van der Waals surface area contributed by atoms with Crippen molar-refractivity contribution in [3.63, 3.8) is 0 Å². The summed E-state index contributed by atoms with van der Waals surface area (Å²) in [6, 6.07) is 14.5. The van der Waals surface area contributed by atoms with Crippen LogP contribution in [0.15, 0.2) is 54.6 Å². The molecule has 24 heavy (non-hydrogen) atoms. The molecule has 0 aliphatic heterocycles. The smallest absolute Gasteiger partial charge is 0.423 e. The van der Waals surface area contributed by atoms with Crippen LogP contribution in [0.25, 0.3) is 10.9 Å². The SMILES string of the molecule is OB(O)c1cc2ccccc2nc1Cl.OB(O)c1ccccc1F. The molecule has 0 amide bonds. The highest BCUT2D eigenvalue weighted by Crippen LogP contribution is 2.13. The third-order valence-corrected chi connectivity index (χ3v) is 3.47. The number of nitrogens with zero attached hydrogens (tertiary/aromatic N) is 1. The molecule has 4 N–H and O–H groups in total. The van der Waals surface area contributed by atoms with Crippen molar-refractivity contribution in [2.45, 2.75) is 0 Å². The Morgan fingerprint density at radius 3 is 2.00 bits per heavy atom. The monoisotopic (exact) mass is 347 g/mol. The lowest BCUT2D eigenvalue weighted by atomic mass is 9.80. The lowest BCUT2D eigenvalue weighted by Crippen LogP contribution is -2.32. The van der Waals surface area contributed by atoms with E-state index < -0.39 is 20.1 Å². The molecule has 0 fully saturated rings. The minimum atomic E-state index is -1.72. The van der Waals surface area contributed by atoms with Crippen molar-refractivity contribution < 1.29 is 24.5 Å². The number of benzene rings is 2. The molecule has 0 atom stereocenters. The average Bonchev–Trinajstić information content (AvgIpc) is 2.54. The van der Waals surface area contributed by atoms with Gasteiger partial charge in [0, 0.05) is 10.9 Å². The van der Waals surface area contributed by atoms with Crippen molar-refractivity contribution in [1.82, 2.24) is 4.98 Å². The van der Waals surface area contributed by atoms with E-state index in [1.165, 1.54) is 24.3 Å². The normalized spacial score (nSPS) is 10.1. The second kappa shape index (κ2) is 8.23. The highest BCUT2D eigenvalue weighted by Gasteiger charge is 2.16. The largest absolute Gasteiger partial charge is 0.491 e. The van der Waals surface area contributed by atoms with E-state index in [4.69, 9.17) is 31.7 Å². The summed E-state index contributed by atoms with van der Waals surface area (Å²) >= 11 is 5.77. The number of hydrogen-bond donors (Lipinski definition) is 4. The molecular formula is C15H13B2ClFNO4. The van der Waals surface area contributed by atoms with Gasteiger partial charge in [-0.2, -0.15) is 0 Å². The topological polar surface area (TPSA) is 93.8 Å². The van der Waals surface area contributed by atoms with E-state index in [-0.39, 0.29) is 16.1 Å². The van der Waals surface area contributed by atoms with Gasteiger partial charge in [0.15, 0.2) is 0 Å². The van der Waals surface area contributed by atoms with Gasteiger partial charge in [-0.05, 0) is 23.6 Å². The molecule has 9 heteroatoms. The van der Waals surface area contributed by atoms with E-state index in [0.717, 1.165) is 10.9 Å². The van der Waals surface area contributed by atoms with Crippen LogP contribution in [-0.4, -0.2) is 39.3 Å². The second-order valence-electron chi connectivity index (χ2n) is 4.83. The van der Waals surface area contributed by atoms with Gasteiger partial charge in [-0.25, -0.2) is 9.37 Å². The van der Waals surface area contributed by atoms with Gasteiger partial charge < -0.3 is 20.1 Å². The number of aromatic nitrogens is 1. The molecule has 0 aliphatic rings. The molecule has 122 valence electrons. The zero-order valence-electron chi connectivity index (χ0n) is 12.3. The van der Waals surface area contributed by atoms with E-state index >= 15 is 0 Å². The van der Waals surface area contributed by atoms with Gasteiger partial charge in [0.25, 0.3) is 0 Å². The Morgan fingerprint density at radius 2 is 1.42 bits per heavy atom. The third kappa shape index (κ3) is 4.53. The van der Waals surface area contributed by atoms with Crippen LogP contribution in [0, 0.1) is 5.82 Å². The average molecular weight is 347 g/mol. The Labute approximate surface area is 143 Å².